The number of H-pyrrole nitrogens is 1. The molecule has 1 aromatic heterocycles. The minimum Gasteiger partial charge on any atom is -0.326 e. The van der Waals surface area contributed by atoms with E-state index in [1.165, 1.54) is 49.1 Å². The third-order valence-electron chi connectivity index (χ3n) is 5.57. The maximum atomic E-state index is 13.2. The van der Waals surface area contributed by atoms with Crippen LogP contribution in [0.25, 0.3) is 5.69 Å². The van der Waals surface area contributed by atoms with Crippen molar-refractivity contribution in [3.05, 3.63) is 75.0 Å². The van der Waals surface area contributed by atoms with Gasteiger partial charge in [-0.3, -0.25) is 14.7 Å². The molecule has 0 aliphatic rings. The number of hydrogen-bond donors (Lipinski definition) is 2. The number of carbonyl (C=O) groups is 1. The molecule has 2 N–H and O–H groups in total. The second-order valence-electron chi connectivity index (χ2n) is 8.08. The average molecular weight is 475 g/mol. The second kappa shape index (κ2) is 9.32. The maximum absolute atomic E-state index is 13.2. The molecule has 10 heteroatoms. The van der Waals surface area contributed by atoms with E-state index in [1.807, 2.05) is 0 Å². The first-order chi connectivity index (χ1) is 15.4. The van der Waals surface area contributed by atoms with Gasteiger partial charge in [-0.25, -0.2) is 21.8 Å². The monoisotopic (exact) mass is 474 g/mol. The highest BCUT2D eigenvalue weighted by Crippen LogP contribution is 2.25. The molecule has 0 atom stereocenters. The number of anilines is 1. The molecular weight excluding hydrogens is 447 g/mol. The summed E-state index contributed by atoms with van der Waals surface area (Å²) < 4.78 is 40.6. The zero-order chi connectivity index (χ0) is 24.5. The number of benzene rings is 2. The first kappa shape index (κ1) is 24.4. The Morgan fingerprint density at radius 2 is 1.76 bits per heavy atom. The first-order valence-corrected chi connectivity index (χ1v) is 11.8. The molecule has 0 spiro atoms. The van der Waals surface area contributed by atoms with Crippen LogP contribution in [0.2, 0.25) is 0 Å². The number of aromatic nitrogens is 2. The summed E-state index contributed by atoms with van der Waals surface area (Å²) in [5.74, 6) is -0.745. The number of aryl methyl sites for hydroxylation is 2. The Balaban J connectivity index is 1.79. The van der Waals surface area contributed by atoms with Crippen molar-refractivity contribution in [1.29, 1.82) is 0 Å². The van der Waals surface area contributed by atoms with E-state index < -0.39 is 15.8 Å². The highest BCUT2D eigenvalue weighted by Gasteiger charge is 2.20. The van der Waals surface area contributed by atoms with Crippen molar-refractivity contribution in [1.82, 2.24) is 14.1 Å². The molecule has 0 aliphatic heterocycles. The van der Waals surface area contributed by atoms with Gasteiger partial charge in [-0.2, -0.15) is 0 Å². The van der Waals surface area contributed by atoms with Crippen LogP contribution in [-0.2, 0) is 21.2 Å². The molecule has 2 aromatic carbocycles. The van der Waals surface area contributed by atoms with Crippen LogP contribution in [0.1, 0.15) is 28.8 Å². The lowest BCUT2D eigenvalue weighted by molar-refractivity contribution is -0.116. The molecule has 0 radical (unpaired) electrons. The van der Waals surface area contributed by atoms with Gasteiger partial charge in [0, 0.05) is 37.5 Å². The van der Waals surface area contributed by atoms with Crippen molar-refractivity contribution in [2.24, 2.45) is 0 Å². The number of halogens is 1. The normalized spacial score (nSPS) is 11.7. The highest BCUT2D eigenvalue weighted by molar-refractivity contribution is 7.89. The van der Waals surface area contributed by atoms with E-state index >= 15 is 0 Å². The van der Waals surface area contributed by atoms with E-state index in [2.05, 4.69) is 10.4 Å². The number of carbonyl (C=O) groups excluding carboxylic acids is 1. The number of nitrogens with one attached hydrogen (secondary N) is 2. The molecule has 0 saturated carbocycles. The third kappa shape index (κ3) is 5.07. The molecule has 1 amide bonds. The molecule has 3 rings (SSSR count). The van der Waals surface area contributed by atoms with Crippen LogP contribution in [0.15, 0.2) is 46.1 Å². The fraction of sp³-hybridized carbons (Fsp3) is 0.304. The molecular formula is C23H27FN4O4S. The Morgan fingerprint density at radius 3 is 2.36 bits per heavy atom. The van der Waals surface area contributed by atoms with Gasteiger partial charge in [0.1, 0.15) is 5.82 Å². The molecule has 8 nitrogen and oxygen atoms in total. The van der Waals surface area contributed by atoms with Gasteiger partial charge < -0.3 is 5.32 Å². The molecule has 0 aliphatic carbocycles. The Hall–Kier alpha value is -3.24. The minimum absolute atomic E-state index is 0.0283. The predicted molar refractivity (Wildman–Crippen MR) is 125 cm³/mol. The summed E-state index contributed by atoms with van der Waals surface area (Å²) in [7, 11) is -0.767. The molecule has 0 saturated heterocycles. The van der Waals surface area contributed by atoms with Crippen LogP contribution >= 0.6 is 0 Å². The third-order valence-corrected chi connectivity index (χ3v) is 7.37. The van der Waals surface area contributed by atoms with Crippen molar-refractivity contribution in [2.45, 2.75) is 38.5 Å². The van der Waals surface area contributed by atoms with Gasteiger partial charge in [-0.15, -0.1) is 0 Å². The molecule has 3 aromatic rings. The van der Waals surface area contributed by atoms with Gasteiger partial charge in [0.05, 0.1) is 10.6 Å². The van der Waals surface area contributed by atoms with E-state index in [-0.39, 0.29) is 29.2 Å². The summed E-state index contributed by atoms with van der Waals surface area (Å²) in [6.45, 7) is 5.31. The van der Waals surface area contributed by atoms with Crippen LogP contribution in [0.3, 0.4) is 0 Å². The zero-order valence-electron chi connectivity index (χ0n) is 19.2. The molecule has 33 heavy (non-hydrogen) atoms. The smallest absolute Gasteiger partial charge is 0.274 e. The highest BCUT2D eigenvalue weighted by atomic mass is 32.2. The van der Waals surface area contributed by atoms with E-state index in [4.69, 9.17) is 0 Å². The number of rotatable bonds is 7. The fourth-order valence-electron chi connectivity index (χ4n) is 3.41. The number of sulfonamides is 1. The van der Waals surface area contributed by atoms with Crippen molar-refractivity contribution in [2.75, 3.05) is 19.4 Å². The predicted octanol–water partition coefficient (Wildman–Crippen LogP) is 3.05. The van der Waals surface area contributed by atoms with Crippen LogP contribution < -0.4 is 10.9 Å². The van der Waals surface area contributed by atoms with E-state index in [0.29, 0.717) is 22.6 Å². The van der Waals surface area contributed by atoms with E-state index in [0.717, 1.165) is 15.4 Å². The van der Waals surface area contributed by atoms with Gasteiger partial charge in [0.15, 0.2) is 0 Å². The maximum Gasteiger partial charge on any atom is 0.274 e. The number of amides is 1. The number of nitrogens with zero attached hydrogens (tertiary/aromatic N) is 2. The van der Waals surface area contributed by atoms with Crippen molar-refractivity contribution < 1.29 is 17.6 Å². The summed E-state index contributed by atoms with van der Waals surface area (Å²) >= 11 is 0. The van der Waals surface area contributed by atoms with Crippen molar-refractivity contribution in [3.63, 3.8) is 0 Å². The quantitative estimate of drug-likeness (QED) is 0.549. The lowest BCUT2D eigenvalue weighted by Gasteiger charge is -2.16. The lowest BCUT2D eigenvalue weighted by Crippen LogP contribution is -2.23. The van der Waals surface area contributed by atoms with Crippen LogP contribution in [0.4, 0.5) is 10.1 Å². The van der Waals surface area contributed by atoms with Gasteiger partial charge in [-0.1, -0.05) is 0 Å². The summed E-state index contributed by atoms with van der Waals surface area (Å²) in [5.41, 5.74) is 3.15. The van der Waals surface area contributed by atoms with Gasteiger partial charge in [-0.05, 0) is 74.7 Å². The SMILES string of the molecule is Cc1cc(S(=O)(=O)N(C)C)cc(NC(=O)CCc2c(C)[nH]n(-c3ccc(F)cc3)c2=O)c1C. The number of aromatic amines is 1. The van der Waals surface area contributed by atoms with Gasteiger partial charge in [0.25, 0.3) is 5.56 Å². The fourth-order valence-corrected chi connectivity index (χ4v) is 4.43. The summed E-state index contributed by atoms with van der Waals surface area (Å²) in [6, 6.07) is 8.52. The van der Waals surface area contributed by atoms with Gasteiger partial charge in [0.2, 0.25) is 15.9 Å². The summed E-state index contributed by atoms with van der Waals surface area (Å²) in [6.07, 6.45) is 0.218. The van der Waals surface area contributed by atoms with E-state index in [1.54, 1.807) is 26.8 Å². The van der Waals surface area contributed by atoms with Crippen LogP contribution in [0, 0.1) is 26.6 Å². The number of hydrogen-bond acceptors (Lipinski definition) is 4. The van der Waals surface area contributed by atoms with Crippen LogP contribution in [-0.4, -0.2) is 42.5 Å². The van der Waals surface area contributed by atoms with Crippen molar-refractivity contribution >= 4 is 21.6 Å². The lowest BCUT2D eigenvalue weighted by atomic mass is 10.1. The standard InChI is InChI=1S/C23H27FN4O4S/c1-14-12-19(33(31,32)27(4)5)13-21(15(14)2)25-22(29)11-10-20-16(3)26-28(23(20)30)18-8-6-17(24)7-9-18/h6-9,12-13,26H,10-11H2,1-5H3,(H,25,29). The molecule has 0 bridgehead atoms. The summed E-state index contributed by atoms with van der Waals surface area (Å²) in [4.78, 5) is 25.5. The average Bonchev–Trinajstić information content (AvgIpc) is 3.03. The Bertz CT molecular complexity index is 1360. The first-order valence-electron chi connectivity index (χ1n) is 10.3. The summed E-state index contributed by atoms with van der Waals surface area (Å²) in [5, 5.41) is 5.73. The molecule has 0 fully saturated rings. The Morgan fingerprint density at radius 1 is 1.12 bits per heavy atom. The zero-order valence-corrected chi connectivity index (χ0v) is 20.0. The molecule has 176 valence electrons. The Labute approximate surface area is 192 Å². The van der Waals surface area contributed by atoms with Crippen LogP contribution in [0.5, 0.6) is 0 Å². The molecule has 0 unspecified atom stereocenters. The van der Waals surface area contributed by atoms with Gasteiger partial charge >= 0.3 is 0 Å². The second-order valence-corrected chi connectivity index (χ2v) is 10.2. The minimum atomic E-state index is -3.66. The van der Waals surface area contributed by atoms with E-state index in [9.17, 15) is 22.4 Å². The van der Waals surface area contributed by atoms with Crippen molar-refractivity contribution in [3.8, 4) is 5.69 Å². The topological polar surface area (TPSA) is 104 Å². The largest absolute Gasteiger partial charge is 0.326 e. The Kier molecular flexibility index (Phi) is 6.89. The molecule has 1 heterocycles.